The molecule has 1 aliphatic rings. The Morgan fingerprint density at radius 2 is 2.10 bits per heavy atom. The quantitative estimate of drug-likeness (QED) is 0.868. The van der Waals surface area contributed by atoms with Crippen molar-refractivity contribution in [1.82, 2.24) is 10.2 Å². The van der Waals surface area contributed by atoms with Gasteiger partial charge in [-0.1, -0.05) is 20.8 Å². The van der Waals surface area contributed by atoms with Crippen molar-refractivity contribution in [1.29, 1.82) is 0 Å². The molecule has 1 aromatic rings. The van der Waals surface area contributed by atoms with Crippen molar-refractivity contribution in [3.05, 3.63) is 21.9 Å². The predicted molar refractivity (Wildman–Crippen MR) is 92.8 cm³/mol. The topological polar surface area (TPSA) is 32.3 Å². The van der Waals surface area contributed by atoms with Crippen molar-refractivity contribution in [3.63, 3.8) is 0 Å². The van der Waals surface area contributed by atoms with Crippen molar-refractivity contribution in [3.8, 4) is 0 Å². The highest BCUT2D eigenvalue weighted by atomic mass is 32.2. The van der Waals surface area contributed by atoms with Crippen molar-refractivity contribution >= 4 is 29.0 Å². The number of carbonyl (C=O) groups is 1. The van der Waals surface area contributed by atoms with Crippen LogP contribution in [0.5, 0.6) is 0 Å². The monoisotopic (exact) mass is 326 g/mol. The van der Waals surface area contributed by atoms with E-state index in [4.69, 9.17) is 0 Å². The number of nitrogens with one attached hydrogen (secondary N) is 1. The van der Waals surface area contributed by atoms with Gasteiger partial charge in [-0.15, -0.1) is 11.3 Å². The van der Waals surface area contributed by atoms with E-state index in [1.54, 1.807) is 11.3 Å². The van der Waals surface area contributed by atoms with Gasteiger partial charge in [0.2, 0.25) is 5.91 Å². The van der Waals surface area contributed by atoms with Crippen LogP contribution in [-0.4, -0.2) is 35.4 Å². The van der Waals surface area contributed by atoms with E-state index in [1.807, 2.05) is 11.8 Å². The molecule has 2 heterocycles. The normalized spacial score (nSPS) is 24.1. The molecule has 1 aliphatic heterocycles. The van der Waals surface area contributed by atoms with Crippen LogP contribution in [0.3, 0.4) is 0 Å². The van der Waals surface area contributed by atoms with Crippen molar-refractivity contribution in [2.45, 2.75) is 39.9 Å². The van der Waals surface area contributed by atoms with Crippen LogP contribution < -0.4 is 5.32 Å². The molecule has 0 radical (unpaired) electrons. The van der Waals surface area contributed by atoms with Crippen molar-refractivity contribution < 1.29 is 4.79 Å². The molecule has 3 atom stereocenters. The third-order valence-electron chi connectivity index (χ3n) is 3.86. The third kappa shape index (κ3) is 3.82. The van der Waals surface area contributed by atoms with Gasteiger partial charge < -0.3 is 4.90 Å². The van der Waals surface area contributed by atoms with Gasteiger partial charge in [0.25, 0.3) is 0 Å². The third-order valence-corrected chi connectivity index (χ3v) is 5.81. The average Bonchev–Trinajstić information content (AvgIpc) is 2.95. The minimum atomic E-state index is -0.0566. The zero-order chi connectivity index (χ0) is 15.6. The fraction of sp³-hybridized carbons (Fsp3) is 0.688. The Morgan fingerprint density at radius 3 is 2.62 bits per heavy atom. The summed E-state index contributed by atoms with van der Waals surface area (Å²) in [7, 11) is 0. The number of amides is 1. The first-order valence-corrected chi connectivity index (χ1v) is 9.76. The fourth-order valence-electron chi connectivity index (χ4n) is 2.82. The van der Waals surface area contributed by atoms with Gasteiger partial charge in [0.05, 0.1) is 6.04 Å². The summed E-state index contributed by atoms with van der Waals surface area (Å²) in [6.07, 6.45) is 2.17. The summed E-state index contributed by atoms with van der Waals surface area (Å²) in [5.41, 5.74) is 0. The molecule has 0 spiro atoms. The second kappa shape index (κ2) is 7.16. The zero-order valence-electron chi connectivity index (χ0n) is 13.6. The van der Waals surface area contributed by atoms with Crippen LogP contribution in [0.15, 0.2) is 12.1 Å². The molecule has 1 amide bonds. The summed E-state index contributed by atoms with van der Waals surface area (Å²) in [4.78, 5) is 17.3. The van der Waals surface area contributed by atoms with E-state index < -0.39 is 0 Å². The Kier molecular flexibility index (Phi) is 5.74. The van der Waals surface area contributed by atoms with Gasteiger partial charge in [-0.25, -0.2) is 0 Å². The molecule has 1 aromatic heterocycles. The molecule has 1 N–H and O–H groups in total. The lowest BCUT2D eigenvalue weighted by molar-refractivity contribution is -0.131. The maximum absolute atomic E-state index is 12.7. The van der Waals surface area contributed by atoms with Crippen LogP contribution in [-0.2, 0) is 4.79 Å². The van der Waals surface area contributed by atoms with Crippen LogP contribution in [0, 0.1) is 18.8 Å². The maximum atomic E-state index is 12.7. The number of thioether (sulfide) groups is 1. The van der Waals surface area contributed by atoms with Gasteiger partial charge in [-0.3, -0.25) is 10.1 Å². The standard InChI is InChI=1S/C16H26N2OS2/c1-10(2)14-16(19)18(8-11(3)9-20-5)15(17-14)13-7-6-12(4)21-13/h6-7,10-11,14-15,17H,8-9H2,1-5H3. The van der Waals surface area contributed by atoms with E-state index in [-0.39, 0.29) is 18.1 Å². The molecular weight excluding hydrogens is 300 g/mol. The van der Waals surface area contributed by atoms with E-state index in [0.29, 0.717) is 11.8 Å². The summed E-state index contributed by atoms with van der Waals surface area (Å²) >= 11 is 3.63. The van der Waals surface area contributed by atoms with E-state index in [1.165, 1.54) is 9.75 Å². The van der Waals surface area contributed by atoms with Crippen LogP contribution in [0.2, 0.25) is 0 Å². The molecule has 118 valence electrons. The molecule has 2 rings (SSSR count). The lowest BCUT2D eigenvalue weighted by Gasteiger charge is -2.26. The van der Waals surface area contributed by atoms with Crippen LogP contribution in [0.4, 0.5) is 0 Å². The molecule has 3 unspecified atom stereocenters. The molecule has 1 fully saturated rings. The lowest BCUT2D eigenvalue weighted by Crippen LogP contribution is -2.36. The summed E-state index contributed by atoms with van der Waals surface area (Å²) in [6, 6.07) is 4.23. The van der Waals surface area contributed by atoms with Crippen LogP contribution in [0.1, 0.15) is 36.7 Å². The molecule has 3 nitrogen and oxygen atoms in total. The average molecular weight is 327 g/mol. The summed E-state index contributed by atoms with van der Waals surface area (Å²) in [5.74, 6) is 2.18. The van der Waals surface area contributed by atoms with Gasteiger partial charge in [0.1, 0.15) is 6.17 Å². The SMILES string of the molecule is CSCC(C)CN1C(=O)C(C(C)C)NC1c1ccc(C)s1. The highest BCUT2D eigenvalue weighted by molar-refractivity contribution is 7.98. The Balaban J connectivity index is 2.20. The van der Waals surface area contributed by atoms with Crippen LogP contribution >= 0.6 is 23.1 Å². The Labute approximate surface area is 136 Å². The second-order valence-corrected chi connectivity index (χ2v) is 8.52. The predicted octanol–water partition coefficient (Wildman–Crippen LogP) is 3.51. The number of nitrogens with zero attached hydrogens (tertiary/aromatic N) is 1. The Hall–Kier alpha value is -0.520. The first-order valence-electron chi connectivity index (χ1n) is 7.55. The van der Waals surface area contributed by atoms with Gasteiger partial charge in [0.15, 0.2) is 0 Å². The number of carbonyl (C=O) groups excluding carboxylic acids is 1. The molecule has 0 saturated carbocycles. The zero-order valence-corrected chi connectivity index (χ0v) is 15.2. The maximum Gasteiger partial charge on any atom is 0.241 e. The first kappa shape index (κ1) is 16.8. The minimum absolute atomic E-state index is 0.0490. The number of aryl methyl sites for hydroxylation is 1. The number of thiophene rings is 1. The van der Waals surface area contributed by atoms with Gasteiger partial charge in [-0.2, -0.15) is 11.8 Å². The van der Waals surface area contributed by atoms with Crippen molar-refractivity contribution in [2.24, 2.45) is 11.8 Å². The molecule has 1 saturated heterocycles. The van der Waals surface area contributed by atoms with Gasteiger partial charge in [0, 0.05) is 16.3 Å². The van der Waals surface area contributed by atoms with E-state index in [2.05, 4.69) is 56.3 Å². The van der Waals surface area contributed by atoms with Crippen LogP contribution in [0.25, 0.3) is 0 Å². The lowest BCUT2D eigenvalue weighted by atomic mass is 10.0. The molecule has 0 aromatic carbocycles. The minimum Gasteiger partial charge on any atom is -0.320 e. The number of hydrogen-bond donors (Lipinski definition) is 1. The highest BCUT2D eigenvalue weighted by Crippen LogP contribution is 2.33. The Morgan fingerprint density at radius 1 is 1.38 bits per heavy atom. The number of hydrogen-bond acceptors (Lipinski definition) is 4. The Bertz CT molecular complexity index is 486. The largest absolute Gasteiger partial charge is 0.320 e. The van der Waals surface area contributed by atoms with E-state index >= 15 is 0 Å². The van der Waals surface area contributed by atoms with Gasteiger partial charge >= 0.3 is 0 Å². The van der Waals surface area contributed by atoms with Crippen molar-refractivity contribution in [2.75, 3.05) is 18.6 Å². The molecule has 0 bridgehead atoms. The smallest absolute Gasteiger partial charge is 0.241 e. The van der Waals surface area contributed by atoms with Gasteiger partial charge in [-0.05, 0) is 42.9 Å². The second-order valence-electron chi connectivity index (χ2n) is 6.29. The molecule has 21 heavy (non-hydrogen) atoms. The molecular formula is C16H26N2OS2. The summed E-state index contributed by atoms with van der Waals surface area (Å²) < 4.78 is 0. The first-order chi connectivity index (χ1) is 9.93. The summed E-state index contributed by atoms with van der Waals surface area (Å²) in [6.45, 7) is 9.40. The molecule has 5 heteroatoms. The molecule has 0 aliphatic carbocycles. The fourth-order valence-corrected chi connectivity index (χ4v) is 4.44. The summed E-state index contributed by atoms with van der Waals surface area (Å²) in [5, 5.41) is 3.55. The van der Waals surface area contributed by atoms with E-state index in [0.717, 1.165) is 12.3 Å². The van der Waals surface area contributed by atoms with E-state index in [9.17, 15) is 4.79 Å². The number of rotatable bonds is 6. The highest BCUT2D eigenvalue weighted by Gasteiger charge is 2.41.